The molecule has 1 aliphatic rings. The van der Waals surface area contributed by atoms with E-state index in [1.807, 2.05) is 13.0 Å². The summed E-state index contributed by atoms with van der Waals surface area (Å²) in [7, 11) is 0. The van der Waals surface area contributed by atoms with Crippen molar-refractivity contribution in [3.05, 3.63) is 52.3 Å². The van der Waals surface area contributed by atoms with Gasteiger partial charge in [0.1, 0.15) is 0 Å². The number of amides is 1. The Morgan fingerprint density at radius 3 is 2.76 bits per heavy atom. The Morgan fingerprint density at radius 2 is 2.04 bits per heavy atom. The smallest absolute Gasteiger partial charge is 0.225 e. The summed E-state index contributed by atoms with van der Waals surface area (Å²) < 4.78 is 0. The van der Waals surface area contributed by atoms with Crippen LogP contribution < -0.4 is 10.2 Å². The number of hydrogen-bond acceptors (Lipinski definition) is 4. The second kappa shape index (κ2) is 8.02. The average molecular weight is 379 g/mol. The summed E-state index contributed by atoms with van der Waals surface area (Å²) in [4.78, 5) is 23.3. The Balaban J connectivity index is 1.63. The van der Waals surface area contributed by atoms with Crippen LogP contribution in [0.15, 0.2) is 36.7 Å². The highest BCUT2D eigenvalue weighted by molar-refractivity contribution is 6.42. The van der Waals surface area contributed by atoms with Crippen LogP contribution in [-0.4, -0.2) is 29.0 Å². The Morgan fingerprint density at radius 1 is 1.28 bits per heavy atom. The molecule has 1 amide bonds. The molecule has 1 N–H and O–H groups in total. The molecule has 1 saturated heterocycles. The maximum Gasteiger partial charge on any atom is 0.225 e. The first-order valence-electron chi connectivity index (χ1n) is 8.32. The maximum atomic E-state index is 12.7. The van der Waals surface area contributed by atoms with Crippen LogP contribution in [0.5, 0.6) is 0 Å². The van der Waals surface area contributed by atoms with Gasteiger partial charge in [-0.3, -0.25) is 4.79 Å². The average Bonchev–Trinajstić information content (AvgIpc) is 2.64. The van der Waals surface area contributed by atoms with Crippen molar-refractivity contribution in [3.8, 4) is 0 Å². The third-order valence-corrected chi connectivity index (χ3v) is 5.17. The molecule has 1 aliphatic heterocycles. The molecule has 1 aromatic heterocycles. The van der Waals surface area contributed by atoms with Crippen LogP contribution in [-0.2, 0) is 4.79 Å². The summed E-state index contributed by atoms with van der Waals surface area (Å²) in [6.45, 7) is 3.44. The van der Waals surface area contributed by atoms with E-state index in [4.69, 9.17) is 23.2 Å². The van der Waals surface area contributed by atoms with Gasteiger partial charge in [-0.15, -0.1) is 0 Å². The van der Waals surface area contributed by atoms with E-state index in [-0.39, 0.29) is 17.9 Å². The molecular weight excluding hydrogens is 359 g/mol. The highest BCUT2D eigenvalue weighted by atomic mass is 35.5. The molecule has 5 nitrogen and oxygen atoms in total. The fraction of sp³-hybridized carbons (Fsp3) is 0.389. The van der Waals surface area contributed by atoms with Crippen molar-refractivity contribution in [3.63, 3.8) is 0 Å². The largest absolute Gasteiger partial charge is 0.349 e. The van der Waals surface area contributed by atoms with Crippen LogP contribution in [0.4, 0.5) is 5.95 Å². The molecule has 132 valence electrons. The van der Waals surface area contributed by atoms with Crippen LogP contribution in [0.25, 0.3) is 0 Å². The number of aromatic nitrogens is 2. The molecule has 25 heavy (non-hydrogen) atoms. The minimum atomic E-state index is -0.134. The molecular formula is C18H20Cl2N4O. The molecule has 0 aliphatic carbocycles. The van der Waals surface area contributed by atoms with Gasteiger partial charge >= 0.3 is 0 Å². The summed E-state index contributed by atoms with van der Waals surface area (Å²) in [6, 6.07) is 7.07. The zero-order valence-corrected chi connectivity index (χ0v) is 15.5. The van der Waals surface area contributed by atoms with E-state index in [2.05, 4.69) is 20.2 Å². The van der Waals surface area contributed by atoms with Gasteiger partial charge in [0.05, 0.1) is 22.0 Å². The van der Waals surface area contributed by atoms with E-state index in [1.165, 1.54) is 0 Å². The van der Waals surface area contributed by atoms with Crippen LogP contribution in [0.2, 0.25) is 10.0 Å². The fourth-order valence-electron chi connectivity index (χ4n) is 3.02. The first-order chi connectivity index (χ1) is 12.0. The summed E-state index contributed by atoms with van der Waals surface area (Å²) in [5.41, 5.74) is 0.932. The van der Waals surface area contributed by atoms with Gasteiger partial charge in [-0.25, -0.2) is 9.97 Å². The van der Waals surface area contributed by atoms with E-state index >= 15 is 0 Å². The number of nitrogens with zero attached hydrogens (tertiary/aromatic N) is 3. The minimum absolute atomic E-state index is 0.0409. The summed E-state index contributed by atoms with van der Waals surface area (Å²) >= 11 is 12.0. The Hall–Kier alpha value is -1.85. The molecule has 0 radical (unpaired) electrons. The Kier molecular flexibility index (Phi) is 5.76. The van der Waals surface area contributed by atoms with Gasteiger partial charge in [-0.2, -0.15) is 0 Å². The van der Waals surface area contributed by atoms with Gasteiger partial charge in [0.2, 0.25) is 11.9 Å². The standard InChI is InChI=1S/C18H20Cl2N4O/c1-12(13-5-6-15(19)16(20)10-13)23-17(25)14-4-2-9-24(11-14)18-21-7-3-8-22-18/h3,5-8,10,12,14H,2,4,9,11H2,1H3,(H,23,25). The normalized spacial score (nSPS) is 18.7. The number of rotatable bonds is 4. The SMILES string of the molecule is CC(NC(=O)C1CCCN(c2ncccn2)C1)c1ccc(Cl)c(Cl)c1. The van der Waals surface area contributed by atoms with Crippen LogP contribution in [0.3, 0.4) is 0 Å². The third kappa shape index (κ3) is 4.41. The lowest BCUT2D eigenvalue weighted by atomic mass is 9.96. The monoisotopic (exact) mass is 378 g/mol. The Bertz CT molecular complexity index is 741. The second-order valence-corrected chi connectivity index (χ2v) is 7.05. The topological polar surface area (TPSA) is 58.1 Å². The lowest BCUT2D eigenvalue weighted by Gasteiger charge is -2.32. The van der Waals surface area contributed by atoms with Crippen molar-refractivity contribution in [2.24, 2.45) is 5.92 Å². The quantitative estimate of drug-likeness (QED) is 0.876. The van der Waals surface area contributed by atoms with Gasteiger partial charge in [0, 0.05) is 25.5 Å². The lowest BCUT2D eigenvalue weighted by Crippen LogP contribution is -2.44. The maximum absolute atomic E-state index is 12.7. The second-order valence-electron chi connectivity index (χ2n) is 6.24. The summed E-state index contributed by atoms with van der Waals surface area (Å²) in [5.74, 6) is 0.638. The fourth-order valence-corrected chi connectivity index (χ4v) is 3.33. The predicted molar refractivity (Wildman–Crippen MR) is 100.0 cm³/mol. The van der Waals surface area contributed by atoms with E-state index in [0.29, 0.717) is 22.5 Å². The Labute approximate surface area is 157 Å². The predicted octanol–water partition coefficient (Wildman–Crippen LogP) is 3.88. The first kappa shape index (κ1) is 18.0. The highest BCUT2D eigenvalue weighted by Gasteiger charge is 2.28. The van der Waals surface area contributed by atoms with Crippen molar-refractivity contribution in [2.45, 2.75) is 25.8 Å². The molecule has 0 bridgehead atoms. The summed E-state index contributed by atoms with van der Waals surface area (Å²) in [5, 5.41) is 4.08. The zero-order valence-electron chi connectivity index (χ0n) is 14.0. The number of anilines is 1. The number of carbonyl (C=O) groups is 1. The molecule has 0 spiro atoms. The molecule has 2 atom stereocenters. The number of nitrogens with one attached hydrogen (secondary N) is 1. The molecule has 2 aromatic rings. The van der Waals surface area contributed by atoms with Gasteiger partial charge in [-0.05, 0) is 43.5 Å². The number of piperidine rings is 1. The van der Waals surface area contributed by atoms with Crippen LogP contribution in [0.1, 0.15) is 31.4 Å². The van der Waals surface area contributed by atoms with Crippen molar-refractivity contribution >= 4 is 35.1 Å². The lowest BCUT2D eigenvalue weighted by molar-refractivity contribution is -0.125. The van der Waals surface area contributed by atoms with Gasteiger partial charge in [0.15, 0.2) is 0 Å². The van der Waals surface area contributed by atoms with E-state index in [9.17, 15) is 4.79 Å². The van der Waals surface area contributed by atoms with Gasteiger partial charge < -0.3 is 10.2 Å². The van der Waals surface area contributed by atoms with Crippen LogP contribution in [0, 0.1) is 5.92 Å². The minimum Gasteiger partial charge on any atom is -0.349 e. The number of hydrogen-bond donors (Lipinski definition) is 1. The molecule has 2 heterocycles. The highest BCUT2D eigenvalue weighted by Crippen LogP contribution is 2.26. The number of carbonyl (C=O) groups excluding carboxylic acids is 1. The van der Waals surface area contributed by atoms with Crippen LogP contribution >= 0.6 is 23.2 Å². The van der Waals surface area contributed by atoms with Crippen molar-refractivity contribution < 1.29 is 4.79 Å². The molecule has 1 fully saturated rings. The zero-order chi connectivity index (χ0) is 17.8. The molecule has 0 saturated carbocycles. The molecule has 3 rings (SSSR count). The number of halogens is 2. The van der Waals surface area contributed by atoms with Crippen molar-refractivity contribution in [2.75, 3.05) is 18.0 Å². The number of benzene rings is 1. The third-order valence-electron chi connectivity index (χ3n) is 4.43. The van der Waals surface area contributed by atoms with Crippen molar-refractivity contribution in [1.82, 2.24) is 15.3 Å². The first-order valence-corrected chi connectivity index (χ1v) is 9.07. The molecule has 7 heteroatoms. The van der Waals surface area contributed by atoms with Crippen molar-refractivity contribution in [1.29, 1.82) is 0 Å². The molecule has 2 unspecified atom stereocenters. The van der Waals surface area contributed by atoms with E-state index in [0.717, 1.165) is 24.9 Å². The molecule has 1 aromatic carbocycles. The summed E-state index contributed by atoms with van der Waals surface area (Å²) in [6.07, 6.45) is 5.25. The van der Waals surface area contributed by atoms with E-state index in [1.54, 1.807) is 30.6 Å². The van der Waals surface area contributed by atoms with Gasteiger partial charge in [0.25, 0.3) is 0 Å². The van der Waals surface area contributed by atoms with Gasteiger partial charge in [-0.1, -0.05) is 29.3 Å². The van der Waals surface area contributed by atoms with E-state index < -0.39 is 0 Å².